The summed E-state index contributed by atoms with van der Waals surface area (Å²) in [6.07, 6.45) is 1.65. The molecule has 1 heterocycles. The third-order valence-electron chi connectivity index (χ3n) is 4.77. The molecular weight excluding hydrogens is 294 g/mol. The fourth-order valence-corrected chi connectivity index (χ4v) is 3.51. The molecule has 0 N–H and O–H groups in total. The van der Waals surface area contributed by atoms with Crippen LogP contribution in [-0.4, -0.2) is 42.5 Å². The van der Waals surface area contributed by atoms with Crippen molar-refractivity contribution in [1.29, 1.82) is 5.26 Å². The van der Waals surface area contributed by atoms with E-state index in [2.05, 4.69) is 76.5 Å². The quantitative estimate of drug-likeness (QED) is 0.761. The van der Waals surface area contributed by atoms with Gasteiger partial charge in [-0.25, -0.2) is 0 Å². The van der Waals surface area contributed by atoms with E-state index in [1.54, 1.807) is 0 Å². The zero-order valence-corrected chi connectivity index (χ0v) is 14.1. The summed E-state index contributed by atoms with van der Waals surface area (Å²) in [5, 5.41) is 8.69. The van der Waals surface area contributed by atoms with Crippen molar-refractivity contribution in [3.05, 3.63) is 71.8 Å². The molecule has 0 aliphatic carbocycles. The predicted octanol–water partition coefficient (Wildman–Crippen LogP) is 3.70. The van der Waals surface area contributed by atoms with Gasteiger partial charge in [0, 0.05) is 32.6 Å². The maximum Gasteiger partial charge on any atom is 0.0622 e. The number of rotatable bonds is 6. The third-order valence-corrected chi connectivity index (χ3v) is 4.77. The van der Waals surface area contributed by atoms with Crippen LogP contribution in [0.4, 0.5) is 0 Å². The first-order valence-electron chi connectivity index (χ1n) is 8.82. The zero-order chi connectivity index (χ0) is 16.6. The highest BCUT2D eigenvalue weighted by atomic mass is 15.3. The van der Waals surface area contributed by atoms with E-state index in [4.69, 9.17) is 5.26 Å². The molecule has 1 fully saturated rings. The molecule has 2 aromatic rings. The molecule has 3 heteroatoms. The van der Waals surface area contributed by atoms with Crippen molar-refractivity contribution >= 4 is 0 Å². The first-order chi connectivity index (χ1) is 11.9. The van der Waals surface area contributed by atoms with Crippen LogP contribution < -0.4 is 0 Å². The van der Waals surface area contributed by atoms with Crippen LogP contribution in [0.15, 0.2) is 60.7 Å². The molecule has 0 aromatic heterocycles. The van der Waals surface area contributed by atoms with E-state index in [-0.39, 0.29) is 0 Å². The number of unbranched alkanes of at least 4 members (excludes halogenated alkanes) is 1. The van der Waals surface area contributed by atoms with E-state index in [1.807, 2.05) is 0 Å². The van der Waals surface area contributed by atoms with Gasteiger partial charge in [-0.15, -0.1) is 0 Å². The lowest BCUT2D eigenvalue weighted by molar-refractivity contribution is 0.109. The lowest BCUT2D eigenvalue weighted by Gasteiger charge is -2.39. The van der Waals surface area contributed by atoms with E-state index >= 15 is 0 Å². The van der Waals surface area contributed by atoms with Crippen LogP contribution in [-0.2, 0) is 0 Å². The fourth-order valence-electron chi connectivity index (χ4n) is 3.51. The maximum absolute atomic E-state index is 8.69. The Balaban J connectivity index is 1.71. The summed E-state index contributed by atoms with van der Waals surface area (Å²) in [6, 6.07) is 24.2. The van der Waals surface area contributed by atoms with Gasteiger partial charge in [-0.2, -0.15) is 5.26 Å². The van der Waals surface area contributed by atoms with Crippen LogP contribution >= 0.6 is 0 Å². The van der Waals surface area contributed by atoms with Crippen molar-refractivity contribution in [2.24, 2.45) is 0 Å². The Morgan fingerprint density at radius 2 is 1.38 bits per heavy atom. The molecule has 1 aliphatic rings. The average Bonchev–Trinajstić information content (AvgIpc) is 2.65. The minimum Gasteiger partial charge on any atom is -0.301 e. The molecule has 1 saturated heterocycles. The van der Waals surface area contributed by atoms with Crippen molar-refractivity contribution in [1.82, 2.24) is 9.80 Å². The molecule has 3 nitrogen and oxygen atoms in total. The summed E-state index contributed by atoms with van der Waals surface area (Å²) in [4.78, 5) is 5.08. The molecule has 0 amide bonds. The second kappa shape index (κ2) is 8.63. The Bertz CT molecular complexity index is 600. The van der Waals surface area contributed by atoms with Gasteiger partial charge in [0.1, 0.15) is 0 Å². The standard InChI is InChI=1S/C21H25N3/c22-13-7-8-14-23-15-17-24(18-16-23)21(19-9-3-1-4-10-19)20-11-5-2-6-12-20/h1-6,9-12,21H,7-8,14-18H2. The molecule has 0 spiro atoms. The van der Waals surface area contributed by atoms with Crippen molar-refractivity contribution < 1.29 is 0 Å². The molecule has 0 bridgehead atoms. The van der Waals surface area contributed by atoms with Gasteiger partial charge in [-0.1, -0.05) is 60.7 Å². The highest BCUT2D eigenvalue weighted by molar-refractivity contribution is 5.31. The topological polar surface area (TPSA) is 30.3 Å². The minimum absolute atomic E-state index is 0.327. The molecule has 0 saturated carbocycles. The Labute approximate surface area is 145 Å². The molecule has 0 unspecified atom stereocenters. The largest absolute Gasteiger partial charge is 0.301 e. The Hall–Kier alpha value is -2.15. The van der Waals surface area contributed by atoms with Gasteiger partial charge >= 0.3 is 0 Å². The van der Waals surface area contributed by atoms with Crippen molar-refractivity contribution in [2.75, 3.05) is 32.7 Å². The minimum atomic E-state index is 0.327. The van der Waals surface area contributed by atoms with Crippen LogP contribution in [0, 0.1) is 11.3 Å². The number of hydrogen-bond acceptors (Lipinski definition) is 3. The summed E-state index contributed by atoms with van der Waals surface area (Å²) in [5.41, 5.74) is 2.73. The van der Waals surface area contributed by atoms with Gasteiger partial charge in [0.05, 0.1) is 12.1 Å². The summed E-state index contributed by atoms with van der Waals surface area (Å²) < 4.78 is 0. The maximum atomic E-state index is 8.69. The lowest BCUT2D eigenvalue weighted by Crippen LogP contribution is -2.48. The van der Waals surface area contributed by atoms with Gasteiger partial charge in [-0.05, 0) is 24.1 Å². The SMILES string of the molecule is N#CCCCN1CCN(C(c2ccccc2)c2ccccc2)CC1. The van der Waals surface area contributed by atoms with Crippen molar-refractivity contribution in [3.63, 3.8) is 0 Å². The van der Waals surface area contributed by atoms with Crippen molar-refractivity contribution in [3.8, 4) is 6.07 Å². The van der Waals surface area contributed by atoms with Gasteiger partial charge in [0.15, 0.2) is 0 Å². The lowest BCUT2D eigenvalue weighted by atomic mass is 9.96. The molecule has 0 atom stereocenters. The number of hydrogen-bond donors (Lipinski definition) is 0. The first-order valence-corrected chi connectivity index (χ1v) is 8.82. The van der Waals surface area contributed by atoms with Gasteiger partial charge < -0.3 is 4.90 Å². The van der Waals surface area contributed by atoms with Crippen LogP contribution in [0.5, 0.6) is 0 Å². The highest BCUT2D eigenvalue weighted by Crippen LogP contribution is 2.29. The molecule has 3 rings (SSSR count). The molecular formula is C21H25N3. The van der Waals surface area contributed by atoms with E-state index in [0.29, 0.717) is 12.5 Å². The molecule has 2 aromatic carbocycles. The van der Waals surface area contributed by atoms with E-state index in [1.165, 1.54) is 11.1 Å². The predicted molar refractivity (Wildman–Crippen MR) is 97.6 cm³/mol. The second-order valence-corrected chi connectivity index (χ2v) is 6.36. The Kier molecular flexibility index (Phi) is 6.01. The number of piperazine rings is 1. The monoisotopic (exact) mass is 319 g/mol. The van der Waals surface area contributed by atoms with Crippen LogP contribution in [0.1, 0.15) is 30.0 Å². The van der Waals surface area contributed by atoms with Crippen LogP contribution in [0.2, 0.25) is 0 Å². The molecule has 1 aliphatic heterocycles. The molecule has 24 heavy (non-hydrogen) atoms. The fraction of sp³-hybridized carbons (Fsp3) is 0.381. The summed E-state index contributed by atoms with van der Waals surface area (Å²) >= 11 is 0. The van der Waals surface area contributed by atoms with Crippen LogP contribution in [0.25, 0.3) is 0 Å². The number of nitriles is 1. The Morgan fingerprint density at radius 1 is 0.833 bits per heavy atom. The molecule has 0 radical (unpaired) electrons. The summed E-state index contributed by atoms with van der Waals surface area (Å²) in [6.45, 7) is 5.36. The van der Waals surface area contributed by atoms with Crippen molar-refractivity contribution in [2.45, 2.75) is 18.9 Å². The normalized spacial score (nSPS) is 16.2. The summed E-state index contributed by atoms with van der Waals surface area (Å²) in [5.74, 6) is 0. The van der Waals surface area contributed by atoms with E-state index in [0.717, 1.165) is 39.1 Å². The number of nitrogens with zero attached hydrogens (tertiary/aromatic N) is 3. The average molecular weight is 319 g/mol. The zero-order valence-electron chi connectivity index (χ0n) is 14.1. The van der Waals surface area contributed by atoms with Gasteiger partial charge in [0.25, 0.3) is 0 Å². The highest BCUT2D eigenvalue weighted by Gasteiger charge is 2.25. The van der Waals surface area contributed by atoms with E-state index < -0.39 is 0 Å². The second-order valence-electron chi connectivity index (χ2n) is 6.36. The van der Waals surface area contributed by atoms with Gasteiger partial charge in [0.2, 0.25) is 0 Å². The number of benzene rings is 2. The first kappa shape index (κ1) is 16.7. The summed E-state index contributed by atoms with van der Waals surface area (Å²) in [7, 11) is 0. The van der Waals surface area contributed by atoms with E-state index in [9.17, 15) is 0 Å². The van der Waals surface area contributed by atoms with Crippen LogP contribution in [0.3, 0.4) is 0 Å². The smallest absolute Gasteiger partial charge is 0.0622 e. The Morgan fingerprint density at radius 3 is 1.88 bits per heavy atom. The van der Waals surface area contributed by atoms with Gasteiger partial charge in [-0.3, -0.25) is 4.90 Å². The third kappa shape index (κ3) is 4.23. The molecule has 124 valence electrons.